The molecule has 1 N–H and O–H groups in total. The zero-order valence-electron chi connectivity index (χ0n) is 13.3. The highest BCUT2D eigenvalue weighted by atomic mass is 16.6. The van der Waals surface area contributed by atoms with Gasteiger partial charge in [0.2, 0.25) is 0 Å². The molecular formula is C16H25N3O2. The number of pyridine rings is 1. The van der Waals surface area contributed by atoms with Crippen LogP contribution in [0, 0.1) is 6.92 Å². The molecule has 1 fully saturated rings. The average Bonchev–Trinajstić information content (AvgIpc) is 2.37. The Morgan fingerprint density at radius 2 is 2.24 bits per heavy atom. The molecule has 1 aliphatic heterocycles. The Morgan fingerprint density at radius 1 is 1.48 bits per heavy atom. The van der Waals surface area contributed by atoms with Gasteiger partial charge in [0, 0.05) is 25.3 Å². The lowest BCUT2D eigenvalue weighted by atomic mass is 10.1. The van der Waals surface area contributed by atoms with Gasteiger partial charge in [0.1, 0.15) is 11.4 Å². The van der Waals surface area contributed by atoms with Crippen molar-refractivity contribution in [2.45, 2.75) is 52.2 Å². The third-order valence-electron chi connectivity index (χ3n) is 3.34. The number of carbonyl (C=O) groups excluding carboxylic acids is 1. The minimum atomic E-state index is -0.449. The van der Waals surface area contributed by atoms with Crippen LogP contribution in [0.25, 0.3) is 0 Å². The van der Waals surface area contributed by atoms with E-state index in [1.54, 1.807) is 11.1 Å². The number of nitrogens with one attached hydrogen (secondary N) is 1. The van der Waals surface area contributed by atoms with E-state index in [0.29, 0.717) is 6.54 Å². The molecule has 1 aromatic rings. The maximum atomic E-state index is 12.1. The van der Waals surface area contributed by atoms with Gasteiger partial charge in [0.25, 0.3) is 0 Å². The highest BCUT2D eigenvalue weighted by Crippen LogP contribution is 2.18. The first kappa shape index (κ1) is 15.6. The monoisotopic (exact) mass is 291 g/mol. The molecule has 0 aliphatic carbocycles. The number of aryl methyl sites for hydroxylation is 1. The fourth-order valence-corrected chi connectivity index (χ4v) is 2.41. The Labute approximate surface area is 126 Å². The zero-order valence-corrected chi connectivity index (χ0v) is 13.3. The molecule has 1 saturated heterocycles. The van der Waals surface area contributed by atoms with Crippen LogP contribution >= 0.6 is 0 Å². The van der Waals surface area contributed by atoms with Crippen LogP contribution in [0.1, 0.15) is 39.2 Å². The van der Waals surface area contributed by atoms with E-state index in [9.17, 15) is 4.79 Å². The summed E-state index contributed by atoms with van der Waals surface area (Å²) in [5, 5.41) is 3.41. The first-order valence-corrected chi connectivity index (χ1v) is 7.50. The summed E-state index contributed by atoms with van der Waals surface area (Å²) < 4.78 is 5.44. The third-order valence-corrected chi connectivity index (χ3v) is 3.34. The highest BCUT2D eigenvalue weighted by Gasteiger charge is 2.27. The van der Waals surface area contributed by atoms with Gasteiger partial charge in [-0.25, -0.2) is 9.78 Å². The normalized spacial score (nSPS) is 19.2. The minimum absolute atomic E-state index is 0.223. The van der Waals surface area contributed by atoms with Gasteiger partial charge in [0.05, 0.1) is 0 Å². The zero-order chi connectivity index (χ0) is 15.5. The van der Waals surface area contributed by atoms with Crippen molar-refractivity contribution < 1.29 is 9.53 Å². The number of hydrogen-bond donors (Lipinski definition) is 1. The lowest BCUT2D eigenvalue weighted by Crippen LogP contribution is -2.47. The quantitative estimate of drug-likeness (QED) is 0.909. The van der Waals surface area contributed by atoms with Crippen LogP contribution in [0.5, 0.6) is 0 Å². The Bertz CT molecular complexity index is 497. The van der Waals surface area contributed by atoms with Crippen molar-refractivity contribution in [1.82, 2.24) is 9.88 Å². The summed E-state index contributed by atoms with van der Waals surface area (Å²) in [6.07, 6.45) is 3.58. The lowest BCUT2D eigenvalue weighted by molar-refractivity contribution is 0.0206. The van der Waals surface area contributed by atoms with Gasteiger partial charge in [-0.15, -0.1) is 0 Å². The van der Waals surface area contributed by atoms with E-state index in [2.05, 4.69) is 10.3 Å². The van der Waals surface area contributed by atoms with E-state index < -0.39 is 5.60 Å². The fourth-order valence-electron chi connectivity index (χ4n) is 2.41. The van der Waals surface area contributed by atoms with Crippen LogP contribution in [0.3, 0.4) is 0 Å². The first-order valence-electron chi connectivity index (χ1n) is 7.50. The first-order chi connectivity index (χ1) is 9.83. The topological polar surface area (TPSA) is 54.5 Å². The van der Waals surface area contributed by atoms with E-state index in [1.807, 2.05) is 39.8 Å². The SMILES string of the molecule is Cc1ccnc(N[C@H]2CCCN(C(=O)OC(C)(C)C)C2)c1. The Hall–Kier alpha value is -1.78. The number of carbonyl (C=O) groups is 1. The second kappa shape index (κ2) is 6.33. The van der Waals surface area contributed by atoms with Crippen molar-refractivity contribution in [3.8, 4) is 0 Å². The summed E-state index contributed by atoms with van der Waals surface area (Å²) in [5.41, 5.74) is 0.725. The maximum absolute atomic E-state index is 12.1. The molecule has 5 nitrogen and oxygen atoms in total. The molecule has 0 radical (unpaired) electrons. The molecule has 5 heteroatoms. The Balaban J connectivity index is 1.93. The van der Waals surface area contributed by atoms with Crippen LogP contribution in [0.2, 0.25) is 0 Å². The molecule has 0 spiro atoms. The second-order valence-corrected chi connectivity index (χ2v) is 6.63. The molecule has 116 valence electrons. The number of rotatable bonds is 2. The molecule has 2 rings (SSSR count). The summed E-state index contributed by atoms with van der Waals surface area (Å²) in [5.74, 6) is 0.867. The van der Waals surface area contributed by atoms with Crippen LogP contribution in [0.4, 0.5) is 10.6 Å². The van der Waals surface area contributed by atoms with Gasteiger partial charge in [-0.2, -0.15) is 0 Å². The standard InChI is InChI=1S/C16H25N3O2/c1-12-7-8-17-14(10-12)18-13-6-5-9-19(11-13)15(20)21-16(2,3)4/h7-8,10,13H,5-6,9,11H2,1-4H3,(H,17,18)/t13-/m0/s1. The number of likely N-dealkylation sites (tertiary alicyclic amines) is 1. The number of piperidine rings is 1. The van der Waals surface area contributed by atoms with E-state index >= 15 is 0 Å². The predicted octanol–water partition coefficient (Wildman–Crippen LogP) is 3.20. The van der Waals surface area contributed by atoms with Crippen molar-refractivity contribution >= 4 is 11.9 Å². The third kappa shape index (κ3) is 4.92. The van der Waals surface area contributed by atoms with Gasteiger partial charge in [-0.1, -0.05) is 0 Å². The number of nitrogens with zero attached hydrogens (tertiary/aromatic N) is 2. The fraction of sp³-hybridized carbons (Fsp3) is 0.625. The van der Waals surface area contributed by atoms with E-state index in [0.717, 1.165) is 25.2 Å². The van der Waals surface area contributed by atoms with Crippen molar-refractivity contribution in [2.24, 2.45) is 0 Å². The van der Waals surface area contributed by atoms with Crippen molar-refractivity contribution in [3.05, 3.63) is 23.9 Å². The summed E-state index contributed by atoms with van der Waals surface area (Å²) in [6, 6.07) is 4.21. The number of ether oxygens (including phenoxy) is 1. The average molecular weight is 291 g/mol. The molecule has 0 unspecified atom stereocenters. The molecule has 1 atom stereocenters. The van der Waals surface area contributed by atoms with Crippen molar-refractivity contribution in [1.29, 1.82) is 0 Å². The smallest absolute Gasteiger partial charge is 0.410 e. The maximum Gasteiger partial charge on any atom is 0.410 e. The van der Waals surface area contributed by atoms with Crippen LogP contribution in [0.15, 0.2) is 18.3 Å². The second-order valence-electron chi connectivity index (χ2n) is 6.63. The van der Waals surface area contributed by atoms with Gasteiger partial charge < -0.3 is 15.0 Å². The van der Waals surface area contributed by atoms with Gasteiger partial charge in [-0.05, 0) is 58.2 Å². The minimum Gasteiger partial charge on any atom is -0.444 e. The summed E-state index contributed by atoms with van der Waals surface area (Å²) in [7, 11) is 0. The van der Waals surface area contributed by atoms with Gasteiger partial charge >= 0.3 is 6.09 Å². The van der Waals surface area contributed by atoms with Gasteiger partial charge in [0.15, 0.2) is 0 Å². The molecule has 1 aliphatic rings. The number of hydrogen-bond acceptors (Lipinski definition) is 4. The summed E-state index contributed by atoms with van der Waals surface area (Å²) >= 11 is 0. The van der Waals surface area contributed by atoms with E-state index in [1.165, 1.54) is 5.56 Å². The number of amides is 1. The predicted molar refractivity (Wildman–Crippen MR) is 83.4 cm³/mol. The molecular weight excluding hydrogens is 266 g/mol. The number of anilines is 1. The van der Waals surface area contributed by atoms with Crippen molar-refractivity contribution in [2.75, 3.05) is 18.4 Å². The van der Waals surface area contributed by atoms with Crippen molar-refractivity contribution in [3.63, 3.8) is 0 Å². The van der Waals surface area contributed by atoms with Gasteiger partial charge in [-0.3, -0.25) is 0 Å². The molecule has 2 heterocycles. The molecule has 21 heavy (non-hydrogen) atoms. The largest absolute Gasteiger partial charge is 0.444 e. The van der Waals surface area contributed by atoms with E-state index in [4.69, 9.17) is 4.74 Å². The molecule has 1 amide bonds. The summed E-state index contributed by atoms with van der Waals surface area (Å²) in [4.78, 5) is 18.2. The molecule has 0 aromatic carbocycles. The Morgan fingerprint density at radius 3 is 2.90 bits per heavy atom. The molecule has 0 bridgehead atoms. The molecule has 1 aromatic heterocycles. The van der Waals surface area contributed by atoms with Crippen LogP contribution in [-0.4, -0.2) is 40.7 Å². The lowest BCUT2D eigenvalue weighted by Gasteiger charge is -2.34. The van der Waals surface area contributed by atoms with Crippen LogP contribution in [-0.2, 0) is 4.74 Å². The summed E-state index contributed by atoms with van der Waals surface area (Å²) in [6.45, 7) is 9.13. The van der Waals surface area contributed by atoms with Crippen LogP contribution < -0.4 is 5.32 Å². The molecule has 0 saturated carbocycles. The Kier molecular flexibility index (Phi) is 4.70. The van der Waals surface area contributed by atoms with E-state index in [-0.39, 0.29) is 12.1 Å². The highest BCUT2D eigenvalue weighted by molar-refractivity contribution is 5.68. The number of aromatic nitrogens is 1.